The first-order chi connectivity index (χ1) is 15.0. The average Bonchev–Trinajstić information content (AvgIpc) is 3.21. The molecule has 0 bridgehead atoms. The minimum Gasteiger partial charge on any atom is -0.497 e. The Morgan fingerprint density at radius 3 is 2.81 bits per heavy atom. The summed E-state index contributed by atoms with van der Waals surface area (Å²) in [5.41, 5.74) is 2.48. The van der Waals surface area contributed by atoms with E-state index in [0.29, 0.717) is 28.0 Å². The molecule has 0 radical (unpaired) electrons. The summed E-state index contributed by atoms with van der Waals surface area (Å²) >= 11 is 7.74. The van der Waals surface area contributed by atoms with Crippen LogP contribution in [-0.2, 0) is 4.74 Å². The Morgan fingerprint density at radius 2 is 2.06 bits per heavy atom. The van der Waals surface area contributed by atoms with E-state index < -0.39 is 0 Å². The normalized spacial score (nSPS) is 14.2. The van der Waals surface area contributed by atoms with Crippen LogP contribution in [-0.4, -0.2) is 62.3 Å². The molecule has 6 nitrogen and oxygen atoms in total. The molecule has 0 N–H and O–H groups in total. The van der Waals surface area contributed by atoms with Gasteiger partial charge < -0.3 is 9.47 Å². The molecule has 0 spiro atoms. The number of hydrogen-bond donors (Lipinski definition) is 0. The first kappa shape index (κ1) is 24.7. The van der Waals surface area contributed by atoms with Crippen molar-refractivity contribution in [3.05, 3.63) is 52.5 Å². The number of aryl methyl sites for hydroxylation is 1. The van der Waals surface area contributed by atoms with Crippen molar-refractivity contribution in [3.8, 4) is 5.75 Å². The largest absolute Gasteiger partial charge is 0.497 e. The Balaban J connectivity index is 0.00000289. The maximum Gasteiger partial charge on any atom is 0.260 e. The number of anilines is 1. The van der Waals surface area contributed by atoms with Crippen LogP contribution in [0.25, 0.3) is 10.2 Å². The molecule has 1 aromatic heterocycles. The maximum atomic E-state index is 13.5. The standard InChI is InChI=1S/C23H26ClN3O3S.ClH/c1-16-13-18(24)15-20-21(16)25-23(31-20)27(8-4-7-26-9-11-30-12-10-26)22(28)17-5-3-6-19(14-17)29-2;/h3,5-6,13-15H,4,7-12H2,1-2H3;1H. The van der Waals surface area contributed by atoms with Crippen LogP contribution >= 0.6 is 35.3 Å². The minimum atomic E-state index is -0.0799. The van der Waals surface area contributed by atoms with Crippen molar-refractivity contribution in [1.82, 2.24) is 9.88 Å². The van der Waals surface area contributed by atoms with Gasteiger partial charge in [0.25, 0.3) is 5.91 Å². The SMILES string of the molecule is COc1cccc(C(=O)N(CCCN2CCOCC2)c2nc3c(C)cc(Cl)cc3s2)c1.Cl. The molecule has 1 saturated heterocycles. The zero-order valence-corrected chi connectivity index (χ0v) is 20.6. The van der Waals surface area contributed by atoms with Crippen molar-refractivity contribution in [2.24, 2.45) is 0 Å². The lowest BCUT2D eigenvalue weighted by Gasteiger charge is -2.27. The number of methoxy groups -OCH3 is 1. The molecule has 0 aliphatic carbocycles. The molecule has 0 unspecified atom stereocenters. The summed E-state index contributed by atoms with van der Waals surface area (Å²) in [6.07, 6.45) is 0.853. The van der Waals surface area contributed by atoms with Crippen molar-refractivity contribution in [3.63, 3.8) is 0 Å². The van der Waals surface area contributed by atoms with E-state index in [4.69, 9.17) is 26.1 Å². The Morgan fingerprint density at radius 1 is 1.28 bits per heavy atom. The monoisotopic (exact) mass is 495 g/mol. The van der Waals surface area contributed by atoms with Gasteiger partial charge >= 0.3 is 0 Å². The Bertz CT molecular complexity index is 1070. The van der Waals surface area contributed by atoms with E-state index in [9.17, 15) is 4.79 Å². The number of carbonyl (C=O) groups excluding carboxylic acids is 1. The summed E-state index contributed by atoms with van der Waals surface area (Å²) in [6.45, 7) is 6.89. The molecule has 0 saturated carbocycles. The van der Waals surface area contributed by atoms with E-state index in [-0.39, 0.29) is 18.3 Å². The van der Waals surface area contributed by atoms with Gasteiger partial charge in [0.2, 0.25) is 0 Å². The molecule has 172 valence electrons. The summed E-state index contributed by atoms with van der Waals surface area (Å²) in [7, 11) is 1.60. The minimum absolute atomic E-state index is 0. The summed E-state index contributed by atoms with van der Waals surface area (Å²) in [6, 6.07) is 11.1. The number of carbonyl (C=O) groups is 1. The molecule has 32 heavy (non-hydrogen) atoms. The molecule has 1 fully saturated rings. The second kappa shape index (κ2) is 11.3. The summed E-state index contributed by atoms with van der Waals surface area (Å²) in [5.74, 6) is 0.578. The van der Waals surface area contributed by atoms with Crippen LogP contribution < -0.4 is 9.64 Å². The zero-order chi connectivity index (χ0) is 21.8. The number of halogens is 2. The van der Waals surface area contributed by atoms with Crippen LogP contribution in [0.1, 0.15) is 22.3 Å². The number of nitrogens with zero attached hydrogens (tertiary/aromatic N) is 3. The number of amides is 1. The van der Waals surface area contributed by atoms with Crippen molar-refractivity contribution in [1.29, 1.82) is 0 Å². The number of ether oxygens (including phenoxy) is 2. The fourth-order valence-corrected chi connectivity index (χ4v) is 5.18. The second-order valence-electron chi connectivity index (χ2n) is 7.56. The van der Waals surface area contributed by atoms with E-state index in [1.54, 1.807) is 18.1 Å². The van der Waals surface area contributed by atoms with Gasteiger partial charge in [0.05, 0.1) is 30.5 Å². The van der Waals surface area contributed by atoms with E-state index in [1.807, 2.05) is 37.3 Å². The highest BCUT2D eigenvalue weighted by molar-refractivity contribution is 7.22. The van der Waals surface area contributed by atoms with Gasteiger partial charge in [-0.3, -0.25) is 14.6 Å². The molecule has 9 heteroatoms. The van der Waals surface area contributed by atoms with Crippen LogP contribution in [0.3, 0.4) is 0 Å². The highest BCUT2D eigenvalue weighted by Crippen LogP contribution is 2.34. The van der Waals surface area contributed by atoms with Gasteiger partial charge in [0, 0.05) is 36.8 Å². The highest BCUT2D eigenvalue weighted by atomic mass is 35.5. The number of rotatable bonds is 7. The molecule has 1 amide bonds. The molecular weight excluding hydrogens is 469 g/mol. The smallest absolute Gasteiger partial charge is 0.260 e. The highest BCUT2D eigenvalue weighted by Gasteiger charge is 2.23. The third-order valence-corrected chi connectivity index (χ3v) is 6.64. The zero-order valence-electron chi connectivity index (χ0n) is 18.2. The van der Waals surface area contributed by atoms with Crippen LogP contribution in [0.5, 0.6) is 5.75 Å². The predicted molar refractivity (Wildman–Crippen MR) is 133 cm³/mol. The van der Waals surface area contributed by atoms with Gasteiger partial charge in [0.15, 0.2) is 5.13 Å². The van der Waals surface area contributed by atoms with Crippen LogP contribution in [0.15, 0.2) is 36.4 Å². The van der Waals surface area contributed by atoms with Crippen LogP contribution in [0.2, 0.25) is 5.02 Å². The lowest BCUT2D eigenvalue weighted by molar-refractivity contribution is 0.0376. The van der Waals surface area contributed by atoms with Crippen LogP contribution in [0, 0.1) is 6.92 Å². The average molecular weight is 496 g/mol. The van der Waals surface area contributed by atoms with E-state index in [0.717, 1.165) is 55.0 Å². The quantitative estimate of drug-likeness (QED) is 0.458. The van der Waals surface area contributed by atoms with E-state index in [1.165, 1.54) is 11.3 Å². The molecule has 4 rings (SSSR count). The fraction of sp³-hybridized carbons (Fsp3) is 0.391. The molecule has 1 aliphatic rings. The van der Waals surface area contributed by atoms with Crippen molar-refractivity contribution in [2.75, 3.05) is 51.4 Å². The Labute approximate surface area is 203 Å². The Kier molecular flexibility index (Phi) is 8.73. The van der Waals surface area contributed by atoms with Gasteiger partial charge in [-0.25, -0.2) is 4.98 Å². The number of aromatic nitrogens is 1. The lowest BCUT2D eigenvalue weighted by Crippen LogP contribution is -2.39. The molecule has 3 aromatic rings. The second-order valence-corrected chi connectivity index (χ2v) is 9.01. The van der Waals surface area contributed by atoms with Gasteiger partial charge in [0.1, 0.15) is 5.75 Å². The van der Waals surface area contributed by atoms with E-state index >= 15 is 0 Å². The van der Waals surface area contributed by atoms with E-state index in [2.05, 4.69) is 4.90 Å². The van der Waals surface area contributed by atoms with Gasteiger partial charge in [-0.1, -0.05) is 29.0 Å². The fourth-order valence-electron chi connectivity index (χ4n) is 3.73. The molecular formula is C23H27Cl2N3O3S. The first-order valence-electron chi connectivity index (χ1n) is 10.4. The lowest BCUT2D eigenvalue weighted by atomic mass is 10.2. The van der Waals surface area contributed by atoms with Crippen molar-refractivity contribution in [2.45, 2.75) is 13.3 Å². The molecule has 2 aromatic carbocycles. The summed E-state index contributed by atoms with van der Waals surface area (Å²) in [5, 5.41) is 1.37. The van der Waals surface area contributed by atoms with Gasteiger partial charge in [-0.2, -0.15) is 0 Å². The molecule has 2 heterocycles. The van der Waals surface area contributed by atoms with Crippen molar-refractivity contribution >= 4 is 56.6 Å². The maximum absolute atomic E-state index is 13.5. The Hall–Kier alpha value is -1.90. The van der Waals surface area contributed by atoms with Crippen molar-refractivity contribution < 1.29 is 14.3 Å². The number of thiazole rings is 1. The first-order valence-corrected chi connectivity index (χ1v) is 11.6. The predicted octanol–water partition coefficient (Wildman–Crippen LogP) is 5.06. The van der Waals surface area contributed by atoms with Crippen LogP contribution in [0.4, 0.5) is 5.13 Å². The van der Waals surface area contributed by atoms with Gasteiger partial charge in [-0.15, -0.1) is 12.4 Å². The number of benzene rings is 2. The molecule has 1 aliphatic heterocycles. The number of hydrogen-bond acceptors (Lipinski definition) is 6. The molecule has 0 atom stereocenters. The number of fused-ring (bicyclic) bond motifs is 1. The topological polar surface area (TPSA) is 54.9 Å². The summed E-state index contributed by atoms with van der Waals surface area (Å²) < 4.78 is 11.7. The number of morpholine rings is 1. The third-order valence-electron chi connectivity index (χ3n) is 5.39. The third kappa shape index (κ3) is 5.71. The summed E-state index contributed by atoms with van der Waals surface area (Å²) in [4.78, 5) is 22.5. The van der Waals surface area contributed by atoms with Gasteiger partial charge in [-0.05, 0) is 49.2 Å².